The van der Waals surface area contributed by atoms with Crippen LogP contribution in [0, 0.1) is 0 Å². The first-order valence-electron chi connectivity index (χ1n) is 8.63. The molecule has 2 heterocycles. The Morgan fingerprint density at radius 1 is 1.18 bits per heavy atom. The van der Waals surface area contributed by atoms with Gasteiger partial charge in [-0.1, -0.05) is 0 Å². The van der Waals surface area contributed by atoms with Gasteiger partial charge in [0.15, 0.2) is 0 Å². The van der Waals surface area contributed by atoms with Crippen molar-refractivity contribution in [3.05, 3.63) is 53.2 Å². The number of carbonyl (C=O) groups is 3. The van der Waals surface area contributed by atoms with E-state index in [0.717, 1.165) is 33.7 Å². The van der Waals surface area contributed by atoms with E-state index in [1.807, 2.05) is 66.2 Å². The van der Waals surface area contributed by atoms with Gasteiger partial charge in [-0.15, -0.1) is 0 Å². The van der Waals surface area contributed by atoms with E-state index in [4.69, 9.17) is 0 Å². The number of benzene rings is 1. The molecule has 1 saturated heterocycles. The molecule has 146 valence electrons. The normalized spacial score (nSPS) is 16.6. The molecule has 0 bridgehead atoms. The summed E-state index contributed by atoms with van der Waals surface area (Å²) in [4.78, 5) is 39.9. The van der Waals surface area contributed by atoms with Gasteiger partial charge >= 0.3 is 5.97 Å². The number of amides is 2. The number of nitrogens with zero attached hydrogens (tertiary/aromatic N) is 3. The highest BCUT2D eigenvalue weighted by atomic mass is 32.2. The SMILES string of the molecule is COC(=O)[C@H](C)N1C(=O)S/C(=C/c2cccn2-c2ccc(N(C)C)cc2)C1=O. The molecule has 0 saturated carbocycles. The summed E-state index contributed by atoms with van der Waals surface area (Å²) in [5.41, 5.74) is 2.77. The molecule has 0 N–H and O–H groups in total. The van der Waals surface area contributed by atoms with Crippen LogP contribution >= 0.6 is 11.8 Å². The smallest absolute Gasteiger partial charge is 0.328 e. The second-order valence-electron chi connectivity index (χ2n) is 6.46. The summed E-state index contributed by atoms with van der Waals surface area (Å²) in [5, 5.41) is -0.484. The Balaban J connectivity index is 1.89. The highest BCUT2D eigenvalue weighted by Gasteiger charge is 2.41. The standard InChI is InChI=1S/C20H21N3O4S/c1-13(19(25)27-4)23-18(24)17(28-20(23)26)12-16-6-5-11-22(16)15-9-7-14(8-10-15)21(2)3/h5-13H,1-4H3/b17-12+/t13-/m0/s1. The van der Waals surface area contributed by atoms with E-state index in [9.17, 15) is 14.4 Å². The molecule has 3 rings (SSSR count). The second kappa shape index (κ2) is 7.93. The van der Waals surface area contributed by atoms with Crippen LogP contribution in [0.15, 0.2) is 47.5 Å². The van der Waals surface area contributed by atoms with Crippen molar-refractivity contribution in [1.82, 2.24) is 9.47 Å². The number of aromatic nitrogens is 1. The fraction of sp³-hybridized carbons (Fsp3) is 0.250. The molecule has 7 nitrogen and oxygen atoms in total. The average molecular weight is 399 g/mol. The lowest BCUT2D eigenvalue weighted by Gasteiger charge is -2.18. The van der Waals surface area contributed by atoms with Crippen LogP contribution in [0.1, 0.15) is 12.6 Å². The topological polar surface area (TPSA) is 71.8 Å². The Kier molecular flexibility index (Phi) is 5.60. The quantitative estimate of drug-likeness (QED) is 0.568. The molecule has 0 unspecified atom stereocenters. The molecule has 1 aromatic heterocycles. The Morgan fingerprint density at radius 3 is 2.46 bits per heavy atom. The van der Waals surface area contributed by atoms with Gasteiger partial charge in [0.1, 0.15) is 6.04 Å². The molecule has 28 heavy (non-hydrogen) atoms. The van der Waals surface area contributed by atoms with Gasteiger partial charge in [-0.2, -0.15) is 0 Å². The van der Waals surface area contributed by atoms with Crippen LogP contribution in [0.2, 0.25) is 0 Å². The summed E-state index contributed by atoms with van der Waals surface area (Å²) in [6.45, 7) is 1.47. The van der Waals surface area contributed by atoms with E-state index in [2.05, 4.69) is 4.74 Å². The number of rotatable bonds is 5. The minimum absolute atomic E-state index is 0.269. The molecule has 2 amide bonds. The van der Waals surface area contributed by atoms with E-state index in [1.54, 1.807) is 6.08 Å². The monoisotopic (exact) mass is 399 g/mol. The highest BCUT2D eigenvalue weighted by Crippen LogP contribution is 2.34. The predicted molar refractivity (Wildman–Crippen MR) is 109 cm³/mol. The van der Waals surface area contributed by atoms with Gasteiger partial charge in [-0.05, 0) is 61.2 Å². The zero-order valence-corrected chi connectivity index (χ0v) is 16.9. The van der Waals surface area contributed by atoms with Gasteiger partial charge in [0.2, 0.25) is 0 Å². The molecule has 1 fully saturated rings. The molecule has 2 aromatic rings. The van der Waals surface area contributed by atoms with Gasteiger partial charge in [0, 0.05) is 37.4 Å². The molecule has 1 aliphatic rings. The van der Waals surface area contributed by atoms with Gasteiger partial charge in [0.25, 0.3) is 11.1 Å². The van der Waals surface area contributed by atoms with Crippen molar-refractivity contribution < 1.29 is 19.1 Å². The lowest BCUT2D eigenvalue weighted by atomic mass is 10.2. The Morgan fingerprint density at radius 2 is 1.86 bits per heavy atom. The number of ether oxygens (including phenoxy) is 1. The van der Waals surface area contributed by atoms with Crippen LogP contribution in [-0.4, -0.2) is 53.8 Å². The Bertz CT molecular complexity index is 947. The Hall–Kier alpha value is -3.00. The summed E-state index contributed by atoms with van der Waals surface area (Å²) in [5.74, 6) is -1.13. The van der Waals surface area contributed by atoms with Gasteiger partial charge in [-0.3, -0.25) is 14.5 Å². The fourth-order valence-corrected chi connectivity index (χ4v) is 3.78. The molecule has 0 radical (unpaired) electrons. The summed E-state index contributed by atoms with van der Waals surface area (Å²) in [6, 6.07) is 10.7. The maximum absolute atomic E-state index is 12.7. The minimum atomic E-state index is -0.964. The van der Waals surface area contributed by atoms with Crippen molar-refractivity contribution in [2.75, 3.05) is 26.1 Å². The number of methoxy groups -OCH3 is 1. The van der Waals surface area contributed by atoms with Gasteiger partial charge in [-0.25, -0.2) is 4.79 Å². The van der Waals surface area contributed by atoms with Gasteiger partial charge in [0.05, 0.1) is 12.0 Å². The highest BCUT2D eigenvalue weighted by molar-refractivity contribution is 8.18. The lowest BCUT2D eigenvalue weighted by molar-refractivity contribution is -0.148. The molecule has 0 aliphatic carbocycles. The third kappa shape index (κ3) is 3.68. The van der Waals surface area contributed by atoms with Crippen LogP contribution < -0.4 is 4.90 Å². The first-order valence-corrected chi connectivity index (χ1v) is 9.45. The second-order valence-corrected chi connectivity index (χ2v) is 7.46. The third-order valence-electron chi connectivity index (χ3n) is 4.46. The van der Waals surface area contributed by atoms with Crippen LogP contribution in [0.25, 0.3) is 11.8 Å². The van der Waals surface area contributed by atoms with Crippen molar-refractivity contribution in [1.29, 1.82) is 0 Å². The van der Waals surface area contributed by atoms with E-state index in [0.29, 0.717) is 0 Å². The lowest BCUT2D eigenvalue weighted by Crippen LogP contribution is -2.42. The molecule has 1 aromatic carbocycles. The van der Waals surface area contributed by atoms with Crippen molar-refractivity contribution >= 4 is 40.6 Å². The van der Waals surface area contributed by atoms with Gasteiger partial charge < -0.3 is 14.2 Å². The number of hydrogen-bond donors (Lipinski definition) is 0. The van der Waals surface area contributed by atoms with Crippen molar-refractivity contribution in [2.24, 2.45) is 0 Å². The number of thioether (sulfide) groups is 1. The zero-order valence-electron chi connectivity index (χ0n) is 16.1. The molecular weight excluding hydrogens is 378 g/mol. The maximum Gasteiger partial charge on any atom is 0.328 e. The summed E-state index contributed by atoms with van der Waals surface area (Å²) < 4.78 is 6.57. The largest absolute Gasteiger partial charge is 0.467 e. The Labute approximate surface area is 167 Å². The number of imide groups is 1. The molecule has 1 atom stereocenters. The van der Waals surface area contributed by atoms with Crippen molar-refractivity contribution in [3.63, 3.8) is 0 Å². The van der Waals surface area contributed by atoms with Crippen LogP contribution in [0.5, 0.6) is 0 Å². The van der Waals surface area contributed by atoms with E-state index in [1.165, 1.54) is 14.0 Å². The first kappa shape index (κ1) is 19.8. The molecule has 0 spiro atoms. The molecule has 1 aliphatic heterocycles. The summed E-state index contributed by atoms with van der Waals surface area (Å²) in [7, 11) is 5.17. The van der Waals surface area contributed by atoms with E-state index < -0.39 is 23.2 Å². The summed E-state index contributed by atoms with van der Waals surface area (Å²) >= 11 is 0.817. The maximum atomic E-state index is 12.7. The summed E-state index contributed by atoms with van der Waals surface area (Å²) in [6.07, 6.45) is 3.55. The number of anilines is 1. The van der Waals surface area contributed by atoms with Crippen LogP contribution in [0.3, 0.4) is 0 Å². The van der Waals surface area contributed by atoms with Crippen LogP contribution in [-0.2, 0) is 14.3 Å². The number of esters is 1. The van der Waals surface area contributed by atoms with E-state index >= 15 is 0 Å². The molecular formula is C20H21N3O4S. The third-order valence-corrected chi connectivity index (χ3v) is 5.34. The number of hydrogen-bond acceptors (Lipinski definition) is 6. The first-order chi connectivity index (χ1) is 13.3. The van der Waals surface area contributed by atoms with E-state index in [-0.39, 0.29) is 4.91 Å². The number of carbonyl (C=O) groups excluding carboxylic acids is 3. The average Bonchev–Trinajstić information content (AvgIpc) is 3.25. The predicted octanol–water partition coefficient (Wildman–Crippen LogP) is 3.14. The van der Waals surface area contributed by atoms with Crippen molar-refractivity contribution in [3.8, 4) is 5.69 Å². The minimum Gasteiger partial charge on any atom is -0.467 e. The van der Waals surface area contributed by atoms with Crippen LogP contribution in [0.4, 0.5) is 10.5 Å². The van der Waals surface area contributed by atoms with Crippen molar-refractivity contribution in [2.45, 2.75) is 13.0 Å². The zero-order chi connectivity index (χ0) is 20.4. The fourth-order valence-electron chi connectivity index (χ4n) is 2.88. The molecule has 8 heteroatoms.